The molecule has 1 aliphatic heterocycles. The largest absolute Gasteiger partial charge is 0.494 e. The first kappa shape index (κ1) is 23.4. The average Bonchev–Trinajstić information content (AvgIpc) is 3.19. The van der Waals surface area contributed by atoms with Crippen molar-refractivity contribution in [1.29, 1.82) is 0 Å². The topological polar surface area (TPSA) is 66.4 Å². The number of oxime groups is 1. The maximum Gasteiger partial charge on any atom is 0.368 e. The van der Waals surface area contributed by atoms with Crippen molar-refractivity contribution in [1.82, 2.24) is 0 Å². The number of ether oxygens (including phenoxy) is 3. The van der Waals surface area contributed by atoms with E-state index in [2.05, 4.69) is 12.1 Å². The van der Waals surface area contributed by atoms with Gasteiger partial charge in [-0.15, -0.1) is 0 Å². The molecular weight excluding hydrogens is 406 g/mol. The van der Waals surface area contributed by atoms with Gasteiger partial charge in [0.25, 0.3) is 0 Å². The molecule has 0 amide bonds. The van der Waals surface area contributed by atoms with Gasteiger partial charge in [0, 0.05) is 5.56 Å². The molecule has 0 radical (unpaired) electrons. The van der Waals surface area contributed by atoms with Crippen molar-refractivity contribution in [2.75, 3.05) is 20.8 Å². The summed E-state index contributed by atoms with van der Waals surface area (Å²) in [5, 5.41) is 3.97. The molecule has 0 spiro atoms. The zero-order valence-electron chi connectivity index (χ0n) is 19.1. The maximum atomic E-state index is 12.3. The molecule has 0 aromatic heterocycles. The lowest BCUT2D eigenvalue weighted by Crippen LogP contribution is -2.07. The molecule has 170 valence electrons. The highest BCUT2D eigenvalue weighted by Gasteiger charge is 2.27. The van der Waals surface area contributed by atoms with Crippen molar-refractivity contribution in [2.24, 2.45) is 5.16 Å². The third-order valence-corrected chi connectivity index (χ3v) is 5.31. The van der Waals surface area contributed by atoms with Crippen LogP contribution in [0.1, 0.15) is 56.6 Å². The van der Waals surface area contributed by atoms with Crippen molar-refractivity contribution >= 4 is 17.8 Å². The van der Waals surface area contributed by atoms with E-state index in [9.17, 15) is 4.79 Å². The van der Waals surface area contributed by atoms with Crippen LogP contribution in [-0.2, 0) is 9.63 Å². The molecule has 32 heavy (non-hydrogen) atoms. The van der Waals surface area contributed by atoms with E-state index in [0.717, 1.165) is 24.3 Å². The first-order valence-corrected chi connectivity index (χ1v) is 11.1. The van der Waals surface area contributed by atoms with Crippen LogP contribution in [-0.4, -0.2) is 32.5 Å². The van der Waals surface area contributed by atoms with E-state index >= 15 is 0 Å². The second-order valence-corrected chi connectivity index (χ2v) is 7.63. The molecule has 1 aliphatic rings. The van der Waals surface area contributed by atoms with Crippen molar-refractivity contribution in [3.8, 4) is 17.2 Å². The number of carbonyl (C=O) groups excluding carboxylic acids is 1. The standard InChI is InChI=1S/C26H31NO5/c1-4-5-6-7-8-9-16-31-21-13-10-19(11-14-21)17-22-25(27-32-26(22)28)20-12-15-23(29-2)24(18-20)30-3/h10-15,17-18H,4-9,16H2,1-3H3/b22-17-. The normalized spacial score (nSPS) is 14.3. The van der Waals surface area contributed by atoms with E-state index in [1.807, 2.05) is 30.3 Å². The number of benzene rings is 2. The van der Waals surface area contributed by atoms with Crippen LogP contribution in [0.25, 0.3) is 6.08 Å². The lowest BCUT2D eigenvalue weighted by atomic mass is 10.00. The Balaban J connectivity index is 1.64. The highest BCUT2D eigenvalue weighted by molar-refractivity contribution is 6.31. The Morgan fingerprint density at radius 3 is 2.34 bits per heavy atom. The third-order valence-electron chi connectivity index (χ3n) is 5.31. The van der Waals surface area contributed by atoms with Crippen LogP contribution in [0.4, 0.5) is 0 Å². The van der Waals surface area contributed by atoms with E-state index in [1.165, 1.54) is 32.1 Å². The second kappa shape index (κ2) is 11.9. The van der Waals surface area contributed by atoms with Gasteiger partial charge in [-0.25, -0.2) is 4.79 Å². The molecule has 0 fully saturated rings. The van der Waals surface area contributed by atoms with Gasteiger partial charge in [-0.1, -0.05) is 56.3 Å². The summed E-state index contributed by atoms with van der Waals surface area (Å²) in [6.45, 7) is 2.94. The Hall–Kier alpha value is -3.28. The van der Waals surface area contributed by atoms with Crippen LogP contribution < -0.4 is 14.2 Å². The molecule has 1 heterocycles. The lowest BCUT2D eigenvalue weighted by Gasteiger charge is -2.09. The second-order valence-electron chi connectivity index (χ2n) is 7.63. The Morgan fingerprint density at radius 2 is 1.62 bits per heavy atom. The molecule has 0 bridgehead atoms. The van der Waals surface area contributed by atoms with Gasteiger partial charge in [0.15, 0.2) is 11.5 Å². The molecule has 6 nitrogen and oxygen atoms in total. The fourth-order valence-electron chi connectivity index (χ4n) is 3.50. The summed E-state index contributed by atoms with van der Waals surface area (Å²) in [5.41, 5.74) is 2.41. The highest BCUT2D eigenvalue weighted by atomic mass is 16.7. The number of carbonyl (C=O) groups is 1. The summed E-state index contributed by atoms with van der Waals surface area (Å²) < 4.78 is 16.5. The summed E-state index contributed by atoms with van der Waals surface area (Å²) in [5.74, 6) is 1.49. The summed E-state index contributed by atoms with van der Waals surface area (Å²) in [7, 11) is 3.14. The summed E-state index contributed by atoms with van der Waals surface area (Å²) in [6.07, 6.45) is 9.17. The minimum atomic E-state index is -0.488. The zero-order valence-corrected chi connectivity index (χ0v) is 19.1. The molecule has 0 aliphatic carbocycles. The lowest BCUT2D eigenvalue weighted by molar-refractivity contribution is -0.136. The van der Waals surface area contributed by atoms with Crippen LogP contribution in [0.3, 0.4) is 0 Å². The summed E-state index contributed by atoms with van der Waals surface area (Å²) in [6, 6.07) is 13.0. The van der Waals surface area contributed by atoms with Gasteiger partial charge in [-0.2, -0.15) is 0 Å². The van der Waals surface area contributed by atoms with Gasteiger partial charge in [0.05, 0.1) is 26.4 Å². The van der Waals surface area contributed by atoms with E-state index in [0.29, 0.717) is 28.3 Å². The van der Waals surface area contributed by atoms with Gasteiger partial charge in [0.2, 0.25) is 0 Å². The van der Waals surface area contributed by atoms with E-state index < -0.39 is 5.97 Å². The Morgan fingerprint density at radius 1 is 0.906 bits per heavy atom. The Labute approximate surface area is 189 Å². The molecule has 3 rings (SSSR count). The molecule has 0 unspecified atom stereocenters. The quantitative estimate of drug-likeness (QED) is 0.239. The first-order chi connectivity index (χ1) is 15.7. The number of nitrogens with zero attached hydrogens (tertiary/aromatic N) is 1. The van der Waals surface area contributed by atoms with Gasteiger partial charge in [-0.05, 0) is 48.4 Å². The van der Waals surface area contributed by atoms with Crippen molar-refractivity contribution in [2.45, 2.75) is 45.4 Å². The fourth-order valence-corrected chi connectivity index (χ4v) is 3.50. The molecule has 0 saturated carbocycles. The maximum absolute atomic E-state index is 12.3. The van der Waals surface area contributed by atoms with Crippen LogP contribution in [0.2, 0.25) is 0 Å². The predicted molar refractivity (Wildman–Crippen MR) is 125 cm³/mol. The first-order valence-electron chi connectivity index (χ1n) is 11.1. The van der Waals surface area contributed by atoms with Crippen molar-refractivity contribution in [3.05, 3.63) is 59.2 Å². The van der Waals surface area contributed by atoms with Crippen molar-refractivity contribution < 1.29 is 23.8 Å². The summed E-state index contributed by atoms with van der Waals surface area (Å²) in [4.78, 5) is 17.2. The van der Waals surface area contributed by atoms with Crippen LogP contribution in [0, 0.1) is 0 Å². The van der Waals surface area contributed by atoms with Crippen LogP contribution >= 0.6 is 0 Å². The minimum Gasteiger partial charge on any atom is -0.494 e. The smallest absolute Gasteiger partial charge is 0.368 e. The summed E-state index contributed by atoms with van der Waals surface area (Å²) >= 11 is 0. The number of hydrogen-bond donors (Lipinski definition) is 0. The average molecular weight is 438 g/mol. The Kier molecular flexibility index (Phi) is 8.72. The van der Waals surface area contributed by atoms with Crippen LogP contribution in [0.5, 0.6) is 17.2 Å². The van der Waals surface area contributed by atoms with Gasteiger partial charge in [-0.3, -0.25) is 0 Å². The molecular formula is C26H31NO5. The van der Waals surface area contributed by atoms with Crippen LogP contribution in [0.15, 0.2) is 53.2 Å². The van der Waals surface area contributed by atoms with Gasteiger partial charge in [0.1, 0.15) is 11.5 Å². The molecule has 0 atom stereocenters. The van der Waals surface area contributed by atoms with E-state index in [4.69, 9.17) is 19.0 Å². The molecule has 2 aromatic carbocycles. The highest BCUT2D eigenvalue weighted by Crippen LogP contribution is 2.30. The van der Waals surface area contributed by atoms with E-state index in [1.54, 1.807) is 32.4 Å². The molecule has 6 heteroatoms. The monoisotopic (exact) mass is 437 g/mol. The predicted octanol–water partition coefficient (Wildman–Crippen LogP) is 5.79. The number of methoxy groups -OCH3 is 2. The van der Waals surface area contributed by atoms with E-state index in [-0.39, 0.29) is 0 Å². The minimum absolute atomic E-state index is 0.387. The van der Waals surface area contributed by atoms with Gasteiger partial charge >= 0.3 is 5.97 Å². The zero-order chi connectivity index (χ0) is 22.8. The number of unbranched alkanes of at least 4 members (excludes halogenated alkanes) is 5. The SMILES string of the molecule is CCCCCCCCOc1ccc(/C=C2\C(=O)ON=C2c2ccc(OC)c(OC)c2)cc1. The molecule has 0 saturated heterocycles. The molecule has 0 N–H and O–H groups in total. The molecule has 2 aromatic rings. The third kappa shape index (κ3) is 6.13. The van der Waals surface area contributed by atoms with Gasteiger partial charge < -0.3 is 19.0 Å². The number of hydrogen-bond acceptors (Lipinski definition) is 6. The fraction of sp³-hybridized carbons (Fsp3) is 0.385. The Bertz CT molecular complexity index is 963. The number of rotatable bonds is 12. The van der Waals surface area contributed by atoms with Crippen molar-refractivity contribution in [3.63, 3.8) is 0 Å².